The SMILES string of the molecule is C=C(C(=O)c1ccccc1)c1ccc(OC)cc1. The molecule has 0 saturated carbocycles. The molecular weight excluding hydrogens is 224 g/mol. The molecule has 2 nitrogen and oxygen atoms in total. The second-order valence-electron chi connectivity index (χ2n) is 3.90. The minimum absolute atomic E-state index is 0.0548. The highest BCUT2D eigenvalue weighted by Gasteiger charge is 2.11. The topological polar surface area (TPSA) is 26.3 Å². The molecule has 90 valence electrons. The summed E-state index contributed by atoms with van der Waals surface area (Å²) in [7, 11) is 1.61. The van der Waals surface area contributed by atoms with Crippen molar-refractivity contribution in [3.05, 3.63) is 72.3 Å². The van der Waals surface area contributed by atoms with Crippen molar-refractivity contribution in [2.24, 2.45) is 0 Å². The minimum Gasteiger partial charge on any atom is -0.497 e. The van der Waals surface area contributed by atoms with Gasteiger partial charge in [-0.2, -0.15) is 0 Å². The van der Waals surface area contributed by atoms with E-state index in [1.165, 1.54) is 0 Å². The third-order valence-corrected chi connectivity index (χ3v) is 2.75. The number of ether oxygens (including phenoxy) is 1. The van der Waals surface area contributed by atoms with Crippen LogP contribution in [0.2, 0.25) is 0 Å². The van der Waals surface area contributed by atoms with Crippen molar-refractivity contribution in [1.29, 1.82) is 0 Å². The Balaban J connectivity index is 2.23. The number of allylic oxidation sites excluding steroid dienone is 1. The van der Waals surface area contributed by atoms with Gasteiger partial charge in [-0.3, -0.25) is 4.79 Å². The summed E-state index contributed by atoms with van der Waals surface area (Å²) in [6.45, 7) is 3.87. The van der Waals surface area contributed by atoms with Gasteiger partial charge < -0.3 is 4.74 Å². The Morgan fingerprint density at radius 2 is 1.56 bits per heavy atom. The van der Waals surface area contributed by atoms with Crippen LogP contribution in [-0.4, -0.2) is 12.9 Å². The van der Waals surface area contributed by atoms with Crippen LogP contribution in [0.1, 0.15) is 15.9 Å². The fraction of sp³-hybridized carbons (Fsp3) is 0.0625. The summed E-state index contributed by atoms with van der Waals surface area (Å²) in [5.74, 6) is 0.708. The summed E-state index contributed by atoms with van der Waals surface area (Å²) < 4.78 is 5.08. The number of ketones is 1. The number of benzene rings is 2. The molecule has 0 N–H and O–H groups in total. The molecule has 0 amide bonds. The maximum absolute atomic E-state index is 12.2. The lowest BCUT2D eigenvalue weighted by Gasteiger charge is -2.06. The van der Waals surface area contributed by atoms with Crippen LogP contribution in [0.25, 0.3) is 5.57 Å². The number of carbonyl (C=O) groups is 1. The van der Waals surface area contributed by atoms with Gasteiger partial charge in [-0.05, 0) is 17.7 Å². The lowest BCUT2D eigenvalue weighted by Crippen LogP contribution is -2.01. The molecule has 0 atom stereocenters. The Hall–Kier alpha value is -2.35. The Morgan fingerprint density at radius 1 is 0.944 bits per heavy atom. The van der Waals surface area contributed by atoms with Crippen LogP contribution in [0.5, 0.6) is 5.75 Å². The molecule has 2 rings (SSSR count). The van der Waals surface area contributed by atoms with Gasteiger partial charge >= 0.3 is 0 Å². The zero-order valence-electron chi connectivity index (χ0n) is 10.2. The largest absolute Gasteiger partial charge is 0.497 e. The van der Waals surface area contributed by atoms with Crippen LogP contribution in [0.4, 0.5) is 0 Å². The highest BCUT2D eigenvalue weighted by molar-refractivity contribution is 6.28. The summed E-state index contributed by atoms with van der Waals surface area (Å²) in [6, 6.07) is 16.5. The first kappa shape index (κ1) is 12.1. The summed E-state index contributed by atoms with van der Waals surface area (Å²) in [5.41, 5.74) is 1.95. The predicted molar refractivity (Wildman–Crippen MR) is 72.8 cm³/mol. The van der Waals surface area contributed by atoms with Crippen molar-refractivity contribution < 1.29 is 9.53 Å². The monoisotopic (exact) mass is 238 g/mol. The average Bonchev–Trinajstić information content (AvgIpc) is 2.47. The van der Waals surface area contributed by atoms with E-state index in [0.717, 1.165) is 11.3 Å². The van der Waals surface area contributed by atoms with Crippen LogP contribution in [0.3, 0.4) is 0 Å². The Bertz CT molecular complexity index is 553. The quantitative estimate of drug-likeness (QED) is 0.601. The minimum atomic E-state index is -0.0548. The number of carbonyl (C=O) groups excluding carboxylic acids is 1. The van der Waals surface area contributed by atoms with Gasteiger partial charge in [0.05, 0.1) is 7.11 Å². The molecule has 0 fully saturated rings. The van der Waals surface area contributed by atoms with Crippen molar-refractivity contribution in [2.75, 3.05) is 7.11 Å². The summed E-state index contributed by atoms with van der Waals surface area (Å²) >= 11 is 0. The van der Waals surface area contributed by atoms with E-state index in [0.29, 0.717) is 11.1 Å². The van der Waals surface area contributed by atoms with Gasteiger partial charge in [-0.25, -0.2) is 0 Å². The third kappa shape index (κ3) is 2.48. The van der Waals surface area contributed by atoms with E-state index in [-0.39, 0.29) is 5.78 Å². The van der Waals surface area contributed by atoms with Crippen LogP contribution < -0.4 is 4.74 Å². The van der Waals surface area contributed by atoms with Gasteiger partial charge in [-0.1, -0.05) is 49.0 Å². The van der Waals surface area contributed by atoms with Crippen molar-refractivity contribution in [1.82, 2.24) is 0 Å². The second-order valence-corrected chi connectivity index (χ2v) is 3.90. The summed E-state index contributed by atoms with van der Waals surface area (Å²) in [5, 5.41) is 0. The van der Waals surface area contributed by atoms with E-state index in [1.54, 1.807) is 19.2 Å². The molecule has 18 heavy (non-hydrogen) atoms. The molecular formula is C16H14O2. The van der Waals surface area contributed by atoms with Crippen LogP contribution in [0, 0.1) is 0 Å². The van der Waals surface area contributed by atoms with Gasteiger partial charge in [-0.15, -0.1) is 0 Å². The van der Waals surface area contributed by atoms with Crippen LogP contribution in [-0.2, 0) is 0 Å². The highest BCUT2D eigenvalue weighted by atomic mass is 16.5. The molecule has 0 aliphatic heterocycles. The van der Waals surface area contributed by atoms with Crippen molar-refractivity contribution in [2.45, 2.75) is 0 Å². The fourth-order valence-corrected chi connectivity index (χ4v) is 1.69. The number of rotatable bonds is 4. The molecule has 0 aromatic heterocycles. The number of Topliss-reactive ketones (excluding diaryl/α,β-unsaturated/α-hetero) is 1. The molecule has 0 radical (unpaired) electrons. The lowest BCUT2D eigenvalue weighted by molar-refractivity contribution is 0.105. The molecule has 2 heteroatoms. The van der Waals surface area contributed by atoms with Gasteiger partial charge in [0.2, 0.25) is 0 Å². The molecule has 0 saturated heterocycles. The maximum Gasteiger partial charge on any atom is 0.193 e. The normalized spacial score (nSPS) is 9.83. The van der Waals surface area contributed by atoms with Gasteiger partial charge in [0.1, 0.15) is 5.75 Å². The Kier molecular flexibility index (Phi) is 3.58. The molecule has 0 bridgehead atoms. The van der Waals surface area contributed by atoms with Crippen molar-refractivity contribution in [3.63, 3.8) is 0 Å². The standard InChI is InChI=1S/C16H14O2/c1-12(13-8-10-15(18-2)11-9-13)16(17)14-6-4-3-5-7-14/h3-11H,1H2,2H3. The Labute approximate surface area is 107 Å². The average molecular weight is 238 g/mol. The summed E-state index contributed by atoms with van der Waals surface area (Å²) in [4.78, 5) is 12.2. The lowest BCUT2D eigenvalue weighted by atomic mass is 9.98. The zero-order valence-corrected chi connectivity index (χ0v) is 10.2. The first-order valence-corrected chi connectivity index (χ1v) is 5.65. The number of hydrogen-bond acceptors (Lipinski definition) is 2. The first-order valence-electron chi connectivity index (χ1n) is 5.65. The second kappa shape index (κ2) is 5.32. The number of hydrogen-bond donors (Lipinski definition) is 0. The first-order chi connectivity index (χ1) is 8.72. The van der Waals surface area contributed by atoms with Crippen molar-refractivity contribution in [3.8, 4) is 5.75 Å². The van der Waals surface area contributed by atoms with Crippen molar-refractivity contribution >= 4 is 11.4 Å². The van der Waals surface area contributed by atoms with E-state index < -0.39 is 0 Å². The molecule has 0 aliphatic carbocycles. The van der Waals surface area contributed by atoms with E-state index in [2.05, 4.69) is 6.58 Å². The molecule has 0 unspecified atom stereocenters. The van der Waals surface area contributed by atoms with Gasteiger partial charge in [0, 0.05) is 11.1 Å². The molecule has 0 spiro atoms. The third-order valence-electron chi connectivity index (χ3n) is 2.75. The van der Waals surface area contributed by atoms with Crippen LogP contribution >= 0.6 is 0 Å². The number of methoxy groups -OCH3 is 1. The van der Waals surface area contributed by atoms with Crippen LogP contribution in [0.15, 0.2) is 61.2 Å². The summed E-state index contributed by atoms with van der Waals surface area (Å²) in [6.07, 6.45) is 0. The molecule has 2 aromatic carbocycles. The fourth-order valence-electron chi connectivity index (χ4n) is 1.69. The van der Waals surface area contributed by atoms with Gasteiger partial charge in [0.15, 0.2) is 5.78 Å². The zero-order chi connectivity index (χ0) is 13.0. The van der Waals surface area contributed by atoms with E-state index in [4.69, 9.17) is 4.74 Å². The smallest absolute Gasteiger partial charge is 0.193 e. The highest BCUT2D eigenvalue weighted by Crippen LogP contribution is 2.20. The molecule has 0 heterocycles. The van der Waals surface area contributed by atoms with E-state index in [1.807, 2.05) is 42.5 Å². The Morgan fingerprint density at radius 3 is 2.11 bits per heavy atom. The maximum atomic E-state index is 12.2. The predicted octanol–water partition coefficient (Wildman–Crippen LogP) is 3.59. The van der Waals surface area contributed by atoms with E-state index in [9.17, 15) is 4.79 Å². The molecule has 0 aliphatic rings. The van der Waals surface area contributed by atoms with Gasteiger partial charge in [0.25, 0.3) is 0 Å². The molecule has 2 aromatic rings. The van der Waals surface area contributed by atoms with E-state index >= 15 is 0 Å².